The molecule has 116 valence electrons. The molecule has 4 nitrogen and oxygen atoms in total. The van der Waals surface area contributed by atoms with Crippen LogP contribution in [0.25, 0.3) is 0 Å². The number of carbonyl (C=O) groups is 1. The predicted molar refractivity (Wildman–Crippen MR) is 87.9 cm³/mol. The molecule has 0 aliphatic rings. The predicted octanol–water partition coefficient (Wildman–Crippen LogP) is 4.08. The fraction of sp³-hybridized carbons (Fsp3) is 0.278. The molecule has 0 unspecified atom stereocenters. The summed E-state index contributed by atoms with van der Waals surface area (Å²) in [4.78, 5) is 12.3. The number of methoxy groups -OCH3 is 1. The van der Waals surface area contributed by atoms with Crippen molar-refractivity contribution in [3.05, 3.63) is 53.1 Å². The van der Waals surface area contributed by atoms with Crippen LogP contribution in [0.5, 0.6) is 11.5 Å². The molecule has 2 rings (SSSR count). The number of phenols is 1. The summed E-state index contributed by atoms with van der Waals surface area (Å²) >= 11 is 0. The molecule has 2 aromatic rings. The molecule has 0 radical (unpaired) electrons. The molecule has 0 saturated heterocycles. The first-order valence-corrected chi connectivity index (χ1v) is 7.21. The number of hydrogen-bond donors (Lipinski definition) is 2. The first-order valence-electron chi connectivity index (χ1n) is 7.21. The minimum Gasteiger partial charge on any atom is -0.508 e. The lowest BCUT2D eigenvalue weighted by molar-refractivity contribution is 0.102. The van der Waals surface area contributed by atoms with Crippen LogP contribution in [0, 0.1) is 6.92 Å². The van der Waals surface area contributed by atoms with Gasteiger partial charge in [-0.3, -0.25) is 4.79 Å². The highest BCUT2D eigenvalue weighted by Gasteiger charge is 2.13. The van der Waals surface area contributed by atoms with Crippen molar-refractivity contribution >= 4 is 11.6 Å². The molecule has 0 bridgehead atoms. The molecular weight excluding hydrogens is 278 g/mol. The first-order chi connectivity index (χ1) is 10.4. The number of phenolic OH excluding ortho intramolecular Hbond substituents is 1. The van der Waals surface area contributed by atoms with Crippen LogP contribution >= 0.6 is 0 Å². The van der Waals surface area contributed by atoms with Crippen molar-refractivity contribution in [1.29, 1.82) is 0 Å². The van der Waals surface area contributed by atoms with Gasteiger partial charge in [-0.2, -0.15) is 0 Å². The van der Waals surface area contributed by atoms with Gasteiger partial charge in [0.25, 0.3) is 5.91 Å². The Bertz CT molecular complexity index is 675. The van der Waals surface area contributed by atoms with E-state index >= 15 is 0 Å². The number of aryl methyl sites for hydroxylation is 1. The molecule has 0 aliphatic heterocycles. The van der Waals surface area contributed by atoms with Crippen LogP contribution in [0.15, 0.2) is 36.4 Å². The first kappa shape index (κ1) is 15.9. The largest absolute Gasteiger partial charge is 0.508 e. The normalized spacial score (nSPS) is 10.6. The van der Waals surface area contributed by atoms with Crippen molar-refractivity contribution in [3.8, 4) is 11.5 Å². The van der Waals surface area contributed by atoms with E-state index in [-0.39, 0.29) is 17.6 Å². The van der Waals surface area contributed by atoms with Crippen molar-refractivity contribution in [2.24, 2.45) is 0 Å². The van der Waals surface area contributed by atoms with Crippen LogP contribution in [0.1, 0.15) is 41.3 Å². The van der Waals surface area contributed by atoms with Gasteiger partial charge in [0.1, 0.15) is 11.5 Å². The Morgan fingerprint density at radius 1 is 1.18 bits per heavy atom. The SMILES string of the molecule is COc1ccc(C(=O)Nc2cc(C(C)C)c(O)cc2C)cc1. The topological polar surface area (TPSA) is 58.6 Å². The molecule has 1 amide bonds. The molecule has 0 heterocycles. The van der Waals surface area contributed by atoms with Gasteiger partial charge < -0.3 is 15.2 Å². The highest BCUT2D eigenvalue weighted by molar-refractivity contribution is 6.04. The third-order valence-corrected chi connectivity index (χ3v) is 3.60. The van der Waals surface area contributed by atoms with Gasteiger partial charge in [0, 0.05) is 11.3 Å². The van der Waals surface area contributed by atoms with Gasteiger partial charge in [-0.05, 0) is 60.4 Å². The summed E-state index contributed by atoms with van der Waals surface area (Å²) in [6.07, 6.45) is 0. The van der Waals surface area contributed by atoms with Crippen LogP contribution in [-0.4, -0.2) is 18.1 Å². The number of anilines is 1. The Labute approximate surface area is 130 Å². The second-order valence-corrected chi connectivity index (χ2v) is 5.56. The Morgan fingerprint density at radius 3 is 2.36 bits per heavy atom. The number of rotatable bonds is 4. The van der Waals surface area contributed by atoms with Gasteiger partial charge >= 0.3 is 0 Å². The molecule has 4 heteroatoms. The second kappa shape index (κ2) is 6.52. The van der Waals surface area contributed by atoms with E-state index in [0.29, 0.717) is 17.0 Å². The zero-order valence-electron chi connectivity index (χ0n) is 13.3. The van der Waals surface area contributed by atoms with Gasteiger partial charge in [0.2, 0.25) is 0 Å². The zero-order chi connectivity index (χ0) is 16.3. The standard InChI is InChI=1S/C18H21NO3/c1-11(2)15-10-16(12(3)9-17(15)20)19-18(21)13-5-7-14(22-4)8-6-13/h5-11,20H,1-4H3,(H,19,21). The summed E-state index contributed by atoms with van der Waals surface area (Å²) in [7, 11) is 1.59. The zero-order valence-corrected chi connectivity index (χ0v) is 13.3. The molecule has 0 aliphatic carbocycles. The lowest BCUT2D eigenvalue weighted by Crippen LogP contribution is -2.13. The molecule has 0 fully saturated rings. The van der Waals surface area contributed by atoms with Gasteiger partial charge in [0.15, 0.2) is 0 Å². The van der Waals surface area contributed by atoms with Crippen LogP contribution in [0.3, 0.4) is 0 Å². The quantitative estimate of drug-likeness (QED) is 0.836. The average molecular weight is 299 g/mol. The highest BCUT2D eigenvalue weighted by atomic mass is 16.5. The molecule has 0 spiro atoms. The minimum atomic E-state index is -0.189. The monoisotopic (exact) mass is 299 g/mol. The summed E-state index contributed by atoms with van der Waals surface area (Å²) in [5, 5.41) is 12.9. The number of aromatic hydroxyl groups is 1. The number of ether oxygens (including phenoxy) is 1. The van der Waals surface area contributed by atoms with Crippen molar-refractivity contribution in [1.82, 2.24) is 0 Å². The fourth-order valence-corrected chi connectivity index (χ4v) is 2.24. The van der Waals surface area contributed by atoms with E-state index in [1.54, 1.807) is 37.4 Å². The van der Waals surface area contributed by atoms with Crippen LogP contribution < -0.4 is 10.1 Å². The number of hydrogen-bond acceptors (Lipinski definition) is 3. The van der Waals surface area contributed by atoms with Crippen molar-refractivity contribution < 1.29 is 14.6 Å². The summed E-state index contributed by atoms with van der Waals surface area (Å²) in [5.74, 6) is 0.956. The van der Waals surface area contributed by atoms with Crippen LogP contribution in [0.2, 0.25) is 0 Å². The Kier molecular flexibility index (Phi) is 4.71. The van der Waals surface area contributed by atoms with Gasteiger partial charge in [-0.1, -0.05) is 13.8 Å². The molecule has 0 saturated carbocycles. The maximum Gasteiger partial charge on any atom is 0.255 e. The van der Waals surface area contributed by atoms with E-state index in [0.717, 1.165) is 11.1 Å². The summed E-state index contributed by atoms with van der Waals surface area (Å²) in [6, 6.07) is 10.4. The smallest absolute Gasteiger partial charge is 0.255 e. The van der Waals surface area contributed by atoms with Gasteiger partial charge in [-0.25, -0.2) is 0 Å². The van der Waals surface area contributed by atoms with E-state index in [4.69, 9.17) is 4.74 Å². The van der Waals surface area contributed by atoms with Gasteiger partial charge in [-0.15, -0.1) is 0 Å². The Balaban J connectivity index is 2.25. The maximum absolute atomic E-state index is 12.3. The Hall–Kier alpha value is -2.49. The molecule has 2 aromatic carbocycles. The average Bonchev–Trinajstić information content (AvgIpc) is 2.49. The number of nitrogens with one attached hydrogen (secondary N) is 1. The van der Waals surface area contributed by atoms with Crippen molar-refractivity contribution in [2.75, 3.05) is 12.4 Å². The van der Waals surface area contributed by atoms with E-state index < -0.39 is 0 Å². The van der Waals surface area contributed by atoms with Crippen molar-refractivity contribution in [2.45, 2.75) is 26.7 Å². The molecule has 2 N–H and O–H groups in total. The number of carbonyl (C=O) groups excluding carboxylic acids is 1. The lowest BCUT2D eigenvalue weighted by Gasteiger charge is -2.14. The lowest BCUT2D eigenvalue weighted by atomic mass is 9.99. The summed E-state index contributed by atoms with van der Waals surface area (Å²) < 4.78 is 5.08. The molecule has 0 aromatic heterocycles. The highest BCUT2D eigenvalue weighted by Crippen LogP contribution is 2.31. The molecule has 22 heavy (non-hydrogen) atoms. The van der Waals surface area contributed by atoms with Crippen molar-refractivity contribution in [3.63, 3.8) is 0 Å². The van der Waals surface area contributed by atoms with Crippen LogP contribution in [0.4, 0.5) is 5.69 Å². The second-order valence-electron chi connectivity index (χ2n) is 5.56. The summed E-state index contributed by atoms with van der Waals surface area (Å²) in [5.41, 5.74) is 2.90. The van der Waals surface area contributed by atoms with Crippen LogP contribution in [-0.2, 0) is 0 Å². The van der Waals surface area contributed by atoms with E-state index in [1.807, 2.05) is 26.8 Å². The molecule has 0 atom stereocenters. The number of amides is 1. The minimum absolute atomic E-state index is 0.178. The van der Waals surface area contributed by atoms with E-state index in [9.17, 15) is 9.90 Å². The fourth-order valence-electron chi connectivity index (χ4n) is 2.24. The number of benzene rings is 2. The maximum atomic E-state index is 12.3. The van der Waals surface area contributed by atoms with E-state index in [1.165, 1.54) is 0 Å². The third-order valence-electron chi connectivity index (χ3n) is 3.60. The third kappa shape index (κ3) is 3.39. The Morgan fingerprint density at radius 2 is 1.82 bits per heavy atom. The van der Waals surface area contributed by atoms with E-state index in [2.05, 4.69) is 5.32 Å². The summed E-state index contributed by atoms with van der Waals surface area (Å²) in [6.45, 7) is 5.85. The van der Waals surface area contributed by atoms with Gasteiger partial charge in [0.05, 0.1) is 7.11 Å². The molecular formula is C18H21NO3.